The lowest BCUT2D eigenvalue weighted by Gasteiger charge is -2.04. The topological polar surface area (TPSA) is 43.6 Å². The Balaban J connectivity index is 1.89. The molecule has 1 amide bonds. The molecule has 0 N–H and O–H groups in total. The number of benzene rings is 2. The van der Waals surface area contributed by atoms with Crippen LogP contribution in [0.2, 0.25) is 5.02 Å². The average molecular weight is 377 g/mol. The number of halogens is 2. The van der Waals surface area contributed by atoms with E-state index in [9.17, 15) is 9.18 Å². The Morgan fingerprint density at radius 3 is 2.92 bits per heavy atom. The number of amides is 1. The number of ether oxygens (including phenoxy) is 1. The summed E-state index contributed by atoms with van der Waals surface area (Å²) in [5, 5.41) is 0.611. The Labute approximate surface area is 152 Å². The van der Waals surface area contributed by atoms with E-state index in [1.807, 2.05) is 16.7 Å². The van der Waals surface area contributed by atoms with Gasteiger partial charge in [-0.15, -0.1) is 6.58 Å². The second-order valence-corrected chi connectivity index (χ2v) is 6.57. The van der Waals surface area contributed by atoms with Crippen molar-refractivity contribution in [1.29, 1.82) is 0 Å². The molecule has 1 aromatic heterocycles. The molecule has 0 spiro atoms. The molecule has 1 heterocycles. The first-order valence-electron chi connectivity index (χ1n) is 7.43. The normalized spacial score (nSPS) is 11.7. The van der Waals surface area contributed by atoms with Crippen LogP contribution in [-0.2, 0) is 11.3 Å². The average Bonchev–Trinajstić information content (AvgIpc) is 2.91. The second kappa shape index (κ2) is 7.63. The highest BCUT2D eigenvalue weighted by molar-refractivity contribution is 7.16. The lowest BCUT2D eigenvalue weighted by molar-refractivity contribution is -0.120. The van der Waals surface area contributed by atoms with E-state index in [1.54, 1.807) is 24.3 Å². The number of rotatable bonds is 5. The molecule has 0 saturated heterocycles. The van der Waals surface area contributed by atoms with Gasteiger partial charge in [-0.25, -0.2) is 4.39 Å². The van der Waals surface area contributed by atoms with Crippen LogP contribution in [0.25, 0.3) is 10.2 Å². The lowest BCUT2D eigenvalue weighted by atomic mass is 10.3. The predicted molar refractivity (Wildman–Crippen MR) is 97.5 cm³/mol. The van der Waals surface area contributed by atoms with Crippen molar-refractivity contribution in [3.05, 3.63) is 70.8 Å². The Morgan fingerprint density at radius 1 is 1.36 bits per heavy atom. The van der Waals surface area contributed by atoms with Gasteiger partial charge in [0.15, 0.2) is 23.0 Å². The Morgan fingerprint density at radius 2 is 2.16 bits per heavy atom. The summed E-state index contributed by atoms with van der Waals surface area (Å²) in [5.74, 6) is -1.000. The van der Waals surface area contributed by atoms with Gasteiger partial charge >= 0.3 is 0 Å². The van der Waals surface area contributed by atoms with Gasteiger partial charge in [0, 0.05) is 11.6 Å². The number of allylic oxidation sites excluding steroid dienone is 1. The van der Waals surface area contributed by atoms with Crippen LogP contribution in [0.5, 0.6) is 5.75 Å². The van der Waals surface area contributed by atoms with E-state index >= 15 is 0 Å². The molecule has 3 aromatic rings. The summed E-state index contributed by atoms with van der Waals surface area (Å²) in [5.41, 5.74) is 0.913. The fourth-order valence-electron chi connectivity index (χ4n) is 2.28. The highest BCUT2D eigenvalue weighted by Crippen LogP contribution is 2.22. The van der Waals surface area contributed by atoms with E-state index < -0.39 is 11.7 Å². The quantitative estimate of drug-likeness (QED) is 0.627. The van der Waals surface area contributed by atoms with Crippen LogP contribution in [0.15, 0.2) is 60.1 Å². The van der Waals surface area contributed by atoms with Gasteiger partial charge < -0.3 is 9.30 Å². The van der Waals surface area contributed by atoms with Crippen molar-refractivity contribution in [3.8, 4) is 5.75 Å². The molecule has 0 saturated carbocycles. The molecule has 0 bridgehead atoms. The molecule has 3 rings (SSSR count). The predicted octanol–water partition coefficient (Wildman–Crippen LogP) is 4.19. The minimum atomic E-state index is -0.520. The van der Waals surface area contributed by atoms with Crippen molar-refractivity contribution in [3.63, 3.8) is 0 Å². The van der Waals surface area contributed by atoms with Crippen LogP contribution in [0.1, 0.15) is 0 Å². The number of hydrogen-bond donors (Lipinski definition) is 0. The largest absolute Gasteiger partial charge is 0.481 e. The van der Waals surface area contributed by atoms with Crippen molar-refractivity contribution in [2.75, 3.05) is 6.61 Å². The van der Waals surface area contributed by atoms with Crippen LogP contribution in [0.4, 0.5) is 4.39 Å². The molecule has 0 unspecified atom stereocenters. The summed E-state index contributed by atoms with van der Waals surface area (Å²) >= 11 is 7.36. The third-order valence-corrected chi connectivity index (χ3v) is 4.64. The van der Waals surface area contributed by atoms with E-state index in [1.165, 1.54) is 23.5 Å². The summed E-state index contributed by atoms with van der Waals surface area (Å²) in [4.78, 5) is 16.7. The summed E-state index contributed by atoms with van der Waals surface area (Å²) in [6.45, 7) is 3.89. The number of thiazole rings is 1. The van der Waals surface area contributed by atoms with E-state index in [0.29, 0.717) is 16.4 Å². The summed E-state index contributed by atoms with van der Waals surface area (Å²) in [6.07, 6.45) is 1.72. The van der Waals surface area contributed by atoms with Crippen molar-refractivity contribution >= 4 is 39.1 Å². The van der Waals surface area contributed by atoms with Gasteiger partial charge in [0.05, 0.1) is 10.2 Å². The molecule has 128 valence electrons. The van der Waals surface area contributed by atoms with Gasteiger partial charge in [-0.05, 0) is 30.3 Å². The van der Waals surface area contributed by atoms with Crippen LogP contribution in [0.3, 0.4) is 0 Å². The number of fused-ring (bicyclic) bond motifs is 1. The minimum absolute atomic E-state index is 0.0214. The first-order chi connectivity index (χ1) is 12.1. The molecular weight excluding hydrogens is 363 g/mol. The number of hydrogen-bond acceptors (Lipinski definition) is 3. The summed E-state index contributed by atoms with van der Waals surface area (Å²) in [6, 6.07) is 11.4. The first kappa shape index (κ1) is 17.4. The molecule has 0 aliphatic heterocycles. The highest BCUT2D eigenvalue weighted by Gasteiger charge is 2.09. The monoisotopic (exact) mass is 376 g/mol. The Hall–Kier alpha value is -2.44. The number of carbonyl (C=O) groups excluding carboxylic acids is 1. The van der Waals surface area contributed by atoms with E-state index in [4.69, 9.17) is 16.3 Å². The third kappa shape index (κ3) is 3.97. The van der Waals surface area contributed by atoms with Crippen LogP contribution >= 0.6 is 22.9 Å². The molecule has 0 aliphatic rings. The molecule has 25 heavy (non-hydrogen) atoms. The second-order valence-electron chi connectivity index (χ2n) is 5.12. The maximum Gasteiger partial charge on any atom is 0.286 e. The third-order valence-electron chi connectivity index (χ3n) is 3.36. The van der Waals surface area contributed by atoms with Crippen LogP contribution < -0.4 is 9.54 Å². The van der Waals surface area contributed by atoms with Gasteiger partial charge in [-0.2, -0.15) is 4.99 Å². The standard InChI is InChI=1S/C18H14ClFN2O2S/c1-2-9-22-14-8-7-12(19)10-16(14)25-18(22)21-17(23)11-24-15-6-4-3-5-13(15)20/h2-8,10H,1,9,11H2. The minimum Gasteiger partial charge on any atom is -0.481 e. The maximum absolute atomic E-state index is 13.5. The lowest BCUT2D eigenvalue weighted by Crippen LogP contribution is -2.19. The van der Waals surface area contributed by atoms with Gasteiger partial charge in [-0.1, -0.05) is 41.1 Å². The van der Waals surface area contributed by atoms with Crippen molar-refractivity contribution in [2.24, 2.45) is 4.99 Å². The van der Waals surface area contributed by atoms with E-state index in [-0.39, 0.29) is 12.4 Å². The summed E-state index contributed by atoms with van der Waals surface area (Å²) < 4.78 is 21.5. The fourth-order valence-corrected chi connectivity index (χ4v) is 3.61. The van der Waals surface area contributed by atoms with E-state index in [2.05, 4.69) is 11.6 Å². The SMILES string of the molecule is C=CCn1c(=NC(=O)COc2ccccc2F)sc2cc(Cl)ccc21. The summed E-state index contributed by atoms with van der Waals surface area (Å²) in [7, 11) is 0. The van der Waals surface area contributed by atoms with Gasteiger partial charge in [0.25, 0.3) is 5.91 Å². The smallest absolute Gasteiger partial charge is 0.286 e. The number of para-hydroxylation sites is 1. The molecule has 4 nitrogen and oxygen atoms in total. The zero-order chi connectivity index (χ0) is 17.8. The zero-order valence-corrected chi connectivity index (χ0v) is 14.7. The number of carbonyl (C=O) groups is 1. The van der Waals surface area contributed by atoms with Crippen molar-refractivity contribution in [2.45, 2.75) is 6.54 Å². The molecular formula is C18H14ClFN2O2S. The van der Waals surface area contributed by atoms with Crippen LogP contribution in [-0.4, -0.2) is 17.1 Å². The Bertz CT molecular complexity index is 1010. The number of nitrogens with zero attached hydrogens (tertiary/aromatic N) is 2. The first-order valence-corrected chi connectivity index (χ1v) is 8.62. The maximum atomic E-state index is 13.5. The molecule has 0 radical (unpaired) electrons. The molecule has 0 fully saturated rings. The molecule has 0 atom stereocenters. The van der Waals surface area contributed by atoms with Gasteiger partial charge in [-0.3, -0.25) is 4.79 Å². The molecule has 2 aromatic carbocycles. The van der Waals surface area contributed by atoms with Crippen molar-refractivity contribution < 1.29 is 13.9 Å². The van der Waals surface area contributed by atoms with E-state index in [0.717, 1.165) is 10.2 Å². The zero-order valence-electron chi connectivity index (χ0n) is 13.1. The van der Waals surface area contributed by atoms with Gasteiger partial charge in [0.2, 0.25) is 0 Å². The highest BCUT2D eigenvalue weighted by atomic mass is 35.5. The van der Waals surface area contributed by atoms with Crippen LogP contribution in [0, 0.1) is 5.82 Å². The number of aromatic nitrogens is 1. The Kier molecular flexibility index (Phi) is 5.31. The van der Waals surface area contributed by atoms with Crippen molar-refractivity contribution in [1.82, 2.24) is 4.57 Å². The molecule has 7 heteroatoms. The van der Waals surface area contributed by atoms with Gasteiger partial charge in [0.1, 0.15) is 0 Å². The fraction of sp³-hybridized carbons (Fsp3) is 0.111. The molecule has 0 aliphatic carbocycles.